The van der Waals surface area contributed by atoms with Crippen molar-refractivity contribution in [2.24, 2.45) is 5.92 Å². The summed E-state index contributed by atoms with van der Waals surface area (Å²) in [6.45, 7) is 5.88. The molecule has 2 aliphatic rings. The van der Waals surface area contributed by atoms with E-state index >= 15 is 0 Å². The van der Waals surface area contributed by atoms with Gasteiger partial charge in [0.05, 0.1) is 5.75 Å². The molecular weight excluding hydrogens is 264 g/mol. The molecule has 110 valence electrons. The second kappa shape index (κ2) is 5.79. The van der Waals surface area contributed by atoms with Crippen molar-refractivity contribution in [2.75, 3.05) is 25.4 Å². The van der Waals surface area contributed by atoms with Crippen molar-refractivity contribution in [2.45, 2.75) is 45.6 Å². The van der Waals surface area contributed by atoms with E-state index in [1.807, 2.05) is 4.90 Å². The lowest BCUT2D eigenvalue weighted by atomic mass is 9.98. The molecule has 0 aromatic rings. The second-order valence-corrected chi connectivity index (χ2v) is 7.89. The summed E-state index contributed by atoms with van der Waals surface area (Å²) < 4.78 is 25.4. The number of carbonyl (C=O) groups excluding carboxylic acids is 1. The maximum absolute atomic E-state index is 12.5. The maximum Gasteiger partial charge on any atom is 0.241 e. The minimum absolute atomic E-state index is 0.0152. The predicted molar refractivity (Wildman–Crippen MR) is 74.2 cm³/mol. The van der Waals surface area contributed by atoms with Gasteiger partial charge in [-0.3, -0.25) is 4.79 Å². The summed E-state index contributed by atoms with van der Waals surface area (Å²) in [7, 11) is -3.26. The minimum atomic E-state index is -3.26. The molecule has 0 aromatic carbocycles. The summed E-state index contributed by atoms with van der Waals surface area (Å²) in [6, 6.07) is -0.446. The molecule has 0 bridgehead atoms. The summed E-state index contributed by atoms with van der Waals surface area (Å²) in [5.74, 6) is 0.762. The van der Waals surface area contributed by atoms with E-state index in [-0.39, 0.29) is 11.7 Å². The number of piperidine rings is 1. The van der Waals surface area contributed by atoms with E-state index in [1.165, 1.54) is 4.31 Å². The van der Waals surface area contributed by atoms with Crippen LogP contribution in [0.5, 0.6) is 0 Å². The SMILES string of the molecule is CCS(=O)(=O)N1CCC[C@H]1C(=O)N1CCC(C)CC1. The number of nitrogens with zero attached hydrogens (tertiary/aromatic N) is 2. The van der Waals surface area contributed by atoms with Crippen molar-refractivity contribution in [3.8, 4) is 0 Å². The van der Waals surface area contributed by atoms with Crippen LogP contribution in [0.3, 0.4) is 0 Å². The number of rotatable bonds is 3. The van der Waals surface area contributed by atoms with Crippen LogP contribution in [0.2, 0.25) is 0 Å². The van der Waals surface area contributed by atoms with Gasteiger partial charge in [-0.25, -0.2) is 8.42 Å². The Hall–Kier alpha value is -0.620. The zero-order valence-corrected chi connectivity index (χ0v) is 12.7. The molecule has 19 heavy (non-hydrogen) atoms. The smallest absolute Gasteiger partial charge is 0.241 e. The largest absolute Gasteiger partial charge is 0.341 e. The Morgan fingerprint density at radius 2 is 1.79 bits per heavy atom. The molecular formula is C13H24N2O3S. The van der Waals surface area contributed by atoms with E-state index in [1.54, 1.807) is 6.92 Å². The lowest BCUT2D eigenvalue weighted by Crippen LogP contribution is -2.50. The normalized spacial score (nSPS) is 26.8. The molecule has 2 fully saturated rings. The fourth-order valence-electron chi connectivity index (χ4n) is 2.93. The van der Waals surface area contributed by atoms with Crippen molar-refractivity contribution < 1.29 is 13.2 Å². The molecule has 0 saturated carbocycles. The molecule has 1 atom stereocenters. The third-order valence-corrected chi connectivity index (χ3v) is 6.19. The van der Waals surface area contributed by atoms with Gasteiger partial charge in [-0.15, -0.1) is 0 Å². The Kier molecular flexibility index (Phi) is 4.50. The third-order valence-electron chi connectivity index (χ3n) is 4.31. The van der Waals surface area contributed by atoms with E-state index in [4.69, 9.17) is 0 Å². The molecule has 0 aliphatic carbocycles. The van der Waals surface area contributed by atoms with Gasteiger partial charge in [0.2, 0.25) is 15.9 Å². The zero-order chi connectivity index (χ0) is 14.0. The number of likely N-dealkylation sites (tertiary alicyclic amines) is 1. The van der Waals surface area contributed by atoms with Crippen molar-refractivity contribution in [1.29, 1.82) is 0 Å². The van der Waals surface area contributed by atoms with Crippen molar-refractivity contribution in [3.05, 3.63) is 0 Å². The molecule has 2 saturated heterocycles. The topological polar surface area (TPSA) is 57.7 Å². The fraction of sp³-hybridized carbons (Fsp3) is 0.923. The highest BCUT2D eigenvalue weighted by Gasteiger charge is 2.39. The van der Waals surface area contributed by atoms with Crippen LogP contribution in [0.25, 0.3) is 0 Å². The van der Waals surface area contributed by atoms with Crippen LogP contribution in [0, 0.1) is 5.92 Å². The summed E-state index contributed by atoms with van der Waals surface area (Å²) in [5, 5.41) is 0. The molecule has 5 nitrogen and oxygen atoms in total. The lowest BCUT2D eigenvalue weighted by Gasteiger charge is -2.34. The zero-order valence-electron chi connectivity index (χ0n) is 11.8. The van der Waals surface area contributed by atoms with Gasteiger partial charge in [0.25, 0.3) is 0 Å². The highest BCUT2D eigenvalue weighted by atomic mass is 32.2. The van der Waals surface area contributed by atoms with Crippen LogP contribution in [0.15, 0.2) is 0 Å². The number of amides is 1. The van der Waals surface area contributed by atoms with Crippen molar-refractivity contribution in [3.63, 3.8) is 0 Å². The van der Waals surface area contributed by atoms with Gasteiger partial charge in [-0.2, -0.15) is 4.31 Å². The van der Waals surface area contributed by atoms with Crippen molar-refractivity contribution >= 4 is 15.9 Å². The molecule has 0 N–H and O–H groups in total. The summed E-state index contributed by atoms with van der Waals surface area (Å²) >= 11 is 0. The monoisotopic (exact) mass is 288 g/mol. The van der Waals surface area contributed by atoms with E-state index in [0.717, 1.165) is 32.4 Å². The molecule has 2 aliphatic heterocycles. The summed E-state index contributed by atoms with van der Waals surface area (Å²) in [5.41, 5.74) is 0. The van der Waals surface area contributed by atoms with Gasteiger partial charge in [-0.1, -0.05) is 6.92 Å². The van der Waals surface area contributed by atoms with Crippen LogP contribution in [-0.4, -0.2) is 55.0 Å². The van der Waals surface area contributed by atoms with Crippen LogP contribution in [-0.2, 0) is 14.8 Å². The standard InChI is InChI=1S/C13H24N2O3S/c1-3-19(17,18)15-8-4-5-12(15)13(16)14-9-6-11(2)7-10-14/h11-12H,3-10H2,1-2H3/t12-/m0/s1. The van der Waals surface area contributed by atoms with Crippen LogP contribution >= 0.6 is 0 Å². The average molecular weight is 288 g/mol. The quantitative estimate of drug-likeness (QED) is 0.780. The molecule has 2 rings (SSSR count). The van der Waals surface area contributed by atoms with Gasteiger partial charge >= 0.3 is 0 Å². The first-order valence-corrected chi connectivity index (χ1v) is 8.85. The Bertz CT molecular complexity index is 427. The molecule has 6 heteroatoms. The number of hydrogen-bond donors (Lipinski definition) is 0. The highest BCUT2D eigenvalue weighted by Crippen LogP contribution is 2.25. The van der Waals surface area contributed by atoms with E-state index in [0.29, 0.717) is 18.9 Å². The van der Waals surface area contributed by atoms with Crippen LogP contribution < -0.4 is 0 Å². The van der Waals surface area contributed by atoms with Gasteiger partial charge in [0.1, 0.15) is 6.04 Å². The molecule has 0 radical (unpaired) electrons. The van der Waals surface area contributed by atoms with Gasteiger partial charge < -0.3 is 4.90 Å². The Morgan fingerprint density at radius 3 is 2.37 bits per heavy atom. The number of carbonyl (C=O) groups is 1. The van der Waals surface area contributed by atoms with Gasteiger partial charge in [0, 0.05) is 19.6 Å². The highest BCUT2D eigenvalue weighted by molar-refractivity contribution is 7.89. The van der Waals surface area contributed by atoms with E-state index in [2.05, 4.69) is 6.92 Å². The molecule has 1 amide bonds. The molecule has 0 aromatic heterocycles. The van der Waals surface area contributed by atoms with Gasteiger partial charge in [-0.05, 0) is 38.5 Å². The van der Waals surface area contributed by atoms with E-state index in [9.17, 15) is 13.2 Å². The first kappa shape index (κ1) is 14.8. The van der Waals surface area contributed by atoms with E-state index < -0.39 is 16.1 Å². The fourth-order valence-corrected chi connectivity index (χ4v) is 4.25. The minimum Gasteiger partial charge on any atom is -0.341 e. The van der Waals surface area contributed by atoms with Crippen LogP contribution in [0.1, 0.15) is 39.5 Å². The summed E-state index contributed by atoms with van der Waals surface area (Å²) in [4.78, 5) is 14.4. The Labute approximate surface area is 116 Å². The van der Waals surface area contributed by atoms with Crippen LogP contribution in [0.4, 0.5) is 0 Å². The number of sulfonamides is 1. The summed E-state index contributed by atoms with van der Waals surface area (Å²) in [6.07, 6.45) is 3.52. The first-order chi connectivity index (χ1) is 8.95. The molecule has 0 unspecified atom stereocenters. The molecule has 2 heterocycles. The molecule has 0 spiro atoms. The maximum atomic E-state index is 12.5. The predicted octanol–water partition coefficient (Wildman–Crippen LogP) is 1.06. The van der Waals surface area contributed by atoms with Gasteiger partial charge in [0.15, 0.2) is 0 Å². The Balaban J connectivity index is 2.06. The second-order valence-electron chi connectivity index (χ2n) is 5.68. The average Bonchev–Trinajstić information content (AvgIpc) is 2.89. The van der Waals surface area contributed by atoms with Crippen molar-refractivity contribution in [1.82, 2.24) is 9.21 Å². The Morgan fingerprint density at radius 1 is 1.16 bits per heavy atom. The third kappa shape index (κ3) is 3.11. The lowest BCUT2D eigenvalue weighted by molar-refractivity contribution is -0.135. The number of hydrogen-bond acceptors (Lipinski definition) is 3. The first-order valence-electron chi connectivity index (χ1n) is 7.24.